The average molecular weight is 220 g/mol. The van der Waals surface area contributed by atoms with Crippen LogP contribution in [-0.2, 0) is 7.05 Å². The molecule has 2 aromatic heterocycles. The van der Waals surface area contributed by atoms with Gasteiger partial charge >= 0.3 is 0 Å². The van der Waals surface area contributed by atoms with Gasteiger partial charge in [0.15, 0.2) is 0 Å². The summed E-state index contributed by atoms with van der Waals surface area (Å²) >= 11 is 0. The Morgan fingerprint density at radius 1 is 1.38 bits per heavy atom. The van der Waals surface area contributed by atoms with Gasteiger partial charge in [-0.05, 0) is 18.6 Å². The lowest BCUT2D eigenvalue weighted by atomic mass is 10.1. The normalized spacial score (nSPS) is 12.4. The number of aromatic nitrogens is 3. The van der Waals surface area contributed by atoms with Crippen LogP contribution in [0.15, 0.2) is 30.9 Å². The Bertz CT molecular complexity index is 480. The molecule has 4 nitrogen and oxygen atoms in total. The fourth-order valence-corrected chi connectivity index (χ4v) is 1.49. The molecule has 0 radical (unpaired) electrons. The highest BCUT2D eigenvalue weighted by Crippen LogP contribution is 2.18. The van der Waals surface area contributed by atoms with Crippen LogP contribution in [0.5, 0.6) is 0 Å². The van der Waals surface area contributed by atoms with Crippen molar-refractivity contribution in [3.8, 4) is 0 Å². The average Bonchev–Trinajstić information content (AvgIpc) is 2.64. The Labute approximate surface area is 93.1 Å². The zero-order valence-electron chi connectivity index (χ0n) is 9.18. The van der Waals surface area contributed by atoms with E-state index in [9.17, 15) is 4.39 Å². The summed E-state index contributed by atoms with van der Waals surface area (Å²) in [6.45, 7) is 1.95. The van der Waals surface area contributed by atoms with Gasteiger partial charge in [0.2, 0.25) is 0 Å². The number of nitrogens with one attached hydrogen (secondary N) is 1. The first kappa shape index (κ1) is 10.6. The summed E-state index contributed by atoms with van der Waals surface area (Å²) < 4.78 is 14.7. The molecule has 2 heterocycles. The highest BCUT2D eigenvalue weighted by atomic mass is 19.1. The molecule has 0 aliphatic heterocycles. The quantitative estimate of drug-likeness (QED) is 0.861. The van der Waals surface area contributed by atoms with Crippen LogP contribution < -0.4 is 5.32 Å². The van der Waals surface area contributed by atoms with E-state index in [1.807, 2.05) is 20.2 Å². The Hall–Kier alpha value is -1.91. The van der Waals surface area contributed by atoms with Crippen LogP contribution in [-0.4, -0.2) is 14.8 Å². The summed E-state index contributed by atoms with van der Waals surface area (Å²) in [7, 11) is 1.85. The molecule has 0 fully saturated rings. The van der Waals surface area contributed by atoms with E-state index in [2.05, 4.69) is 15.4 Å². The first-order chi connectivity index (χ1) is 7.65. The molecule has 0 amide bonds. The predicted octanol–water partition coefficient (Wildman–Crippen LogP) is 2.13. The second kappa shape index (κ2) is 4.30. The molecule has 1 unspecified atom stereocenters. The highest BCUT2D eigenvalue weighted by Gasteiger charge is 2.07. The van der Waals surface area contributed by atoms with E-state index in [-0.39, 0.29) is 11.9 Å². The van der Waals surface area contributed by atoms with Gasteiger partial charge in [-0.15, -0.1) is 0 Å². The zero-order valence-corrected chi connectivity index (χ0v) is 9.18. The topological polar surface area (TPSA) is 42.7 Å². The lowest BCUT2D eigenvalue weighted by Gasteiger charge is -2.13. The van der Waals surface area contributed by atoms with Crippen LogP contribution >= 0.6 is 0 Å². The van der Waals surface area contributed by atoms with Gasteiger partial charge in [-0.1, -0.05) is 0 Å². The molecule has 1 atom stereocenters. The number of rotatable bonds is 3. The van der Waals surface area contributed by atoms with Crippen molar-refractivity contribution < 1.29 is 4.39 Å². The molecule has 0 bridgehead atoms. The number of hydrogen-bond acceptors (Lipinski definition) is 3. The van der Waals surface area contributed by atoms with Crippen molar-refractivity contribution in [2.75, 3.05) is 5.32 Å². The molecule has 1 N–H and O–H groups in total. The minimum atomic E-state index is -0.322. The first-order valence-corrected chi connectivity index (χ1v) is 5.01. The second-order valence-corrected chi connectivity index (χ2v) is 3.71. The number of anilines is 1. The SMILES string of the molecule is CC(Nc1cnn(C)c1)c1cncc(F)c1. The van der Waals surface area contributed by atoms with E-state index < -0.39 is 0 Å². The molecular formula is C11H13FN4. The third-order valence-electron chi connectivity index (χ3n) is 2.31. The number of hydrogen-bond donors (Lipinski definition) is 1. The monoisotopic (exact) mass is 220 g/mol. The van der Waals surface area contributed by atoms with E-state index in [4.69, 9.17) is 0 Å². The first-order valence-electron chi connectivity index (χ1n) is 5.01. The highest BCUT2D eigenvalue weighted by molar-refractivity contribution is 5.41. The van der Waals surface area contributed by atoms with Crippen molar-refractivity contribution in [2.24, 2.45) is 7.05 Å². The molecule has 0 spiro atoms. The maximum Gasteiger partial charge on any atom is 0.141 e. The molecular weight excluding hydrogens is 207 g/mol. The molecule has 2 aromatic rings. The smallest absolute Gasteiger partial charge is 0.141 e. The Morgan fingerprint density at radius 3 is 2.81 bits per heavy atom. The van der Waals surface area contributed by atoms with Crippen LogP contribution in [0, 0.1) is 5.82 Å². The maximum absolute atomic E-state index is 13.0. The molecule has 0 aromatic carbocycles. The Kier molecular flexibility index (Phi) is 2.85. The lowest BCUT2D eigenvalue weighted by molar-refractivity contribution is 0.616. The molecule has 0 aliphatic rings. The third kappa shape index (κ3) is 2.36. The van der Waals surface area contributed by atoms with Crippen molar-refractivity contribution in [2.45, 2.75) is 13.0 Å². The molecule has 0 saturated carbocycles. The minimum absolute atomic E-state index is 0.00704. The Morgan fingerprint density at radius 2 is 2.19 bits per heavy atom. The van der Waals surface area contributed by atoms with Crippen molar-refractivity contribution in [1.29, 1.82) is 0 Å². The van der Waals surface area contributed by atoms with Gasteiger partial charge in [0, 0.05) is 19.4 Å². The van der Waals surface area contributed by atoms with Crippen LogP contribution in [0.25, 0.3) is 0 Å². The number of nitrogens with zero attached hydrogens (tertiary/aromatic N) is 3. The fourth-order valence-electron chi connectivity index (χ4n) is 1.49. The van der Waals surface area contributed by atoms with E-state index >= 15 is 0 Å². The standard InChI is InChI=1S/C11H13FN4/c1-8(9-3-10(12)5-13-4-9)15-11-6-14-16(2)7-11/h3-8,15H,1-2H3. The van der Waals surface area contributed by atoms with Gasteiger partial charge in [-0.2, -0.15) is 5.10 Å². The summed E-state index contributed by atoms with van der Waals surface area (Å²) in [4.78, 5) is 3.82. The summed E-state index contributed by atoms with van der Waals surface area (Å²) in [5.74, 6) is -0.322. The van der Waals surface area contributed by atoms with Crippen molar-refractivity contribution in [3.05, 3.63) is 42.2 Å². The van der Waals surface area contributed by atoms with Gasteiger partial charge in [-0.3, -0.25) is 9.67 Å². The number of pyridine rings is 1. The summed E-state index contributed by atoms with van der Waals surface area (Å²) in [6, 6.07) is 1.47. The van der Waals surface area contributed by atoms with E-state index in [0.717, 1.165) is 11.3 Å². The fraction of sp³-hybridized carbons (Fsp3) is 0.273. The van der Waals surface area contributed by atoms with Crippen LogP contribution in [0.3, 0.4) is 0 Å². The second-order valence-electron chi connectivity index (χ2n) is 3.71. The van der Waals surface area contributed by atoms with Crippen LogP contribution in [0.4, 0.5) is 10.1 Å². The molecule has 84 valence electrons. The lowest BCUT2D eigenvalue weighted by Crippen LogP contribution is -2.06. The summed E-state index contributed by atoms with van der Waals surface area (Å²) in [5.41, 5.74) is 1.71. The maximum atomic E-state index is 13.0. The molecule has 0 saturated heterocycles. The molecule has 0 aliphatic carbocycles. The van der Waals surface area contributed by atoms with Gasteiger partial charge in [0.05, 0.1) is 24.1 Å². The minimum Gasteiger partial charge on any atom is -0.376 e. The number of aryl methyl sites for hydroxylation is 1. The van der Waals surface area contributed by atoms with Gasteiger partial charge < -0.3 is 5.32 Å². The molecule has 5 heteroatoms. The van der Waals surface area contributed by atoms with E-state index in [0.29, 0.717) is 0 Å². The number of halogens is 1. The van der Waals surface area contributed by atoms with E-state index in [1.54, 1.807) is 17.1 Å². The molecule has 2 rings (SSSR count). The zero-order chi connectivity index (χ0) is 11.5. The summed E-state index contributed by atoms with van der Waals surface area (Å²) in [5, 5.41) is 7.26. The van der Waals surface area contributed by atoms with Gasteiger partial charge in [0.25, 0.3) is 0 Å². The van der Waals surface area contributed by atoms with Gasteiger partial charge in [0.1, 0.15) is 5.82 Å². The van der Waals surface area contributed by atoms with Crippen molar-refractivity contribution in [3.63, 3.8) is 0 Å². The molecule has 16 heavy (non-hydrogen) atoms. The van der Waals surface area contributed by atoms with Crippen LogP contribution in [0.2, 0.25) is 0 Å². The predicted molar refractivity (Wildman–Crippen MR) is 59.4 cm³/mol. The van der Waals surface area contributed by atoms with Crippen LogP contribution in [0.1, 0.15) is 18.5 Å². The van der Waals surface area contributed by atoms with E-state index in [1.165, 1.54) is 12.3 Å². The summed E-state index contributed by atoms with van der Waals surface area (Å²) in [6.07, 6.45) is 6.43. The Balaban J connectivity index is 2.11. The van der Waals surface area contributed by atoms with Crippen molar-refractivity contribution >= 4 is 5.69 Å². The third-order valence-corrected chi connectivity index (χ3v) is 2.31. The van der Waals surface area contributed by atoms with Gasteiger partial charge in [-0.25, -0.2) is 4.39 Å². The largest absolute Gasteiger partial charge is 0.376 e. The van der Waals surface area contributed by atoms with Crippen molar-refractivity contribution in [1.82, 2.24) is 14.8 Å².